The lowest BCUT2D eigenvalue weighted by Gasteiger charge is -2.15. The number of piperidine rings is 1. The summed E-state index contributed by atoms with van der Waals surface area (Å²) in [6.07, 6.45) is 2.82. The van der Waals surface area contributed by atoms with Crippen molar-refractivity contribution in [1.29, 1.82) is 0 Å². The summed E-state index contributed by atoms with van der Waals surface area (Å²) in [6, 6.07) is 9.44. The second-order valence-corrected chi connectivity index (χ2v) is 8.22. The molecule has 31 heavy (non-hydrogen) atoms. The molecule has 8 heteroatoms. The SMILES string of the molecule is C[C@H](O)c1nccn1Cc1cc(-c2ccc(C#CC3C4CN(C(N)=O)CC34)cc2)on1. The number of imidazole rings is 1. The largest absolute Gasteiger partial charge is 0.385 e. The third-order valence-electron chi connectivity index (χ3n) is 6.07. The van der Waals surface area contributed by atoms with Crippen molar-refractivity contribution in [1.82, 2.24) is 19.6 Å². The Morgan fingerprint density at radius 2 is 2.06 bits per heavy atom. The van der Waals surface area contributed by atoms with Gasteiger partial charge in [0, 0.05) is 48.6 Å². The first-order valence-corrected chi connectivity index (χ1v) is 10.3. The lowest BCUT2D eigenvalue weighted by molar-refractivity contribution is 0.184. The Balaban J connectivity index is 1.22. The molecule has 1 aliphatic carbocycles. The molecule has 1 aromatic carbocycles. The van der Waals surface area contributed by atoms with Crippen LogP contribution in [0.3, 0.4) is 0 Å². The summed E-state index contributed by atoms with van der Waals surface area (Å²) in [5.41, 5.74) is 7.95. The molecule has 1 saturated heterocycles. The molecule has 0 radical (unpaired) electrons. The summed E-state index contributed by atoms with van der Waals surface area (Å²) in [5.74, 6) is 9.16. The van der Waals surface area contributed by atoms with E-state index in [0.29, 0.717) is 35.9 Å². The number of aromatic nitrogens is 3. The van der Waals surface area contributed by atoms with E-state index >= 15 is 0 Å². The second kappa shape index (κ2) is 7.60. The minimum atomic E-state index is -0.646. The number of carbonyl (C=O) groups excluding carboxylic acids is 1. The van der Waals surface area contributed by atoms with Crippen LogP contribution in [0.2, 0.25) is 0 Å². The van der Waals surface area contributed by atoms with Gasteiger partial charge in [-0.05, 0) is 43.0 Å². The fourth-order valence-electron chi connectivity index (χ4n) is 4.32. The minimum absolute atomic E-state index is 0.335. The van der Waals surface area contributed by atoms with Gasteiger partial charge in [-0.2, -0.15) is 0 Å². The summed E-state index contributed by atoms with van der Waals surface area (Å²) in [4.78, 5) is 17.1. The second-order valence-electron chi connectivity index (χ2n) is 8.22. The number of amides is 2. The minimum Gasteiger partial charge on any atom is -0.385 e. The van der Waals surface area contributed by atoms with E-state index in [2.05, 4.69) is 22.0 Å². The van der Waals surface area contributed by atoms with E-state index in [9.17, 15) is 9.90 Å². The number of nitrogens with zero attached hydrogens (tertiary/aromatic N) is 4. The van der Waals surface area contributed by atoms with Crippen molar-refractivity contribution in [2.45, 2.75) is 19.6 Å². The molecule has 8 nitrogen and oxygen atoms in total. The van der Waals surface area contributed by atoms with Gasteiger partial charge in [0.15, 0.2) is 5.76 Å². The average Bonchev–Trinajstić information content (AvgIpc) is 3.24. The fourth-order valence-corrected chi connectivity index (χ4v) is 4.32. The molecule has 1 saturated carbocycles. The van der Waals surface area contributed by atoms with Crippen molar-refractivity contribution < 1.29 is 14.4 Å². The molecule has 3 heterocycles. The summed E-state index contributed by atoms with van der Waals surface area (Å²) in [5, 5.41) is 13.9. The summed E-state index contributed by atoms with van der Waals surface area (Å²) in [6.45, 7) is 3.61. The predicted octanol–water partition coefficient (Wildman–Crippen LogP) is 2.25. The number of fused-ring (bicyclic) bond motifs is 1. The monoisotopic (exact) mass is 417 g/mol. The molecule has 0 bridgehead atoms. The van der Waals surface area contributed by atoms with E-state index in [4.69, 9.17) is 10.3 Å². The van der Waals surface area contributed by atoms with Crippen LogP contribution < -0.4 is 5.73 Å². The van der Waals surface area contributed by atoms with Crippen LogP contribution in [0.25, 0.3) is 11.3 Å². The number of rotatable bonds is 4. The first-order chi connectivity index (χ1) is 15.0. The topological polar surface area (TPSA) is 110 Å². The van der Waals surface area contributed by atoms with Crippen LogP contribution in [0.4, 0.5) is 4.79 Å². The Labute approximate surface area is 179 Å². The lowest BCUT2D eigenvalue weighted by atomic mass is 10.1. The number of nitrogens with two attached hydrogens (primary N) is 1. The van der Waals surface area contributed by atoms with Crippen LogP contribution in [0.15, 0.2) is 47.2 Å². The van der Waals surface area contributed by atoms with Gasteiger partial charge in [0.25, 0.3) is 0 Å². The summed E-state index contributed by atoms with van der Waals surface area (Å²) in [7, 11) is 0. The van der Waals surface area contributed by atoms with Crippen molar-refractivity contribution >= 4 is 6.03 Å². The fraction of sp³-hybridized carbons (Fsp3) is 0.348. The number of aliphatic hydroxyl groups excluding tert-OH is 1. The zero-order valence-corrected chi connectivity index (χ0v) is 17.1. The number of aliphatic hydroxyl groups is 1. The van der Waals surface area contributed by atoms with Crippen LogP contribution in [-0.4, -0.2) is 43.8 Å². The van der Waals surface area contributed by atoms with Gasteiger partial charge >= 0.3 is 6.03 Å². The van der Waals surface area contributed by atoms with Gasteiger partial charge in [0.1, 0.15) is 17.6 Å². The molecule has 158 valence electrons. The van der Waals surface area contributed by atoms with E-state index in [0.717, 1.165) is 29.9 Å². The molecule has 3 N–H and O–H groups in total. The number of likely N-dealkylation sites (tertiary alicyclic amines) is 1. The third kappa shape index (κ3) is 3.80. The first-order valence-electron chi connectivity index (χ1n) is 10.3. The Morgan fingerprint density at radius 3 is 2.74 bits per heavy atom. The Kier molecular flexibility index (Phi) is 4.75. The molecular formula is C23H23N5O3. The highest BCUT2D eigenvalue weighted by atomic mass is 16.5. The predicted molar refractivity (Wildman–Crippen MR) is 112 cm³/mol. The standard InChI is InChI=1S/C23H23N5O3/c1-14(29)22-25-8-9-27(22)11-17-10-21(31-26-17)16-5-2-15(3-6-16)4-7-18-19-12-28(23(24)30)13-20(18)19/h2-3,5-6,8-10,14,18-20,29H,11-13H2,1H3,(H2,24,30)/t14-,18?,19?,20?/m0/s1. The molecule has 5 rings (SSSR count). The smallest absolute Gasteiger partial charge is 0.314 e. The molecule has 0 spiro atoms. The third-order valence-corrected chi connectivity index (χ3v) is 6.07. The highest BCUT2D eigenvalue weighted by Crippen LogP contribution is 2.51. The van der Waals surface area contributed by atoms with Crippen molar-refractivity contribution in [3.63, 3.8) is 0 Å². The molecule has 1 aliphatic heterocycles. The zero-order chi connectivity index (χ0) is 21.5. The van der Waals surface area contributed by atoms with Crippen LogP contribution in [-0.2, 0) is 6.54 Å². The zero-order valence-electron chi connectivity index (χ0n) is 17.1. The molecule has 2 aliphatic rings. The van der Waals surface area contributed by atoms with Crippen LogP contribution in [0.5, 0.6) is 0 Å². The highest BCUT2D eigenvalue weighted by molar-refractivity contribution is 5.72. The highest BCUT2D eigenvalue weighted by Gasteiger charge is 2.55. The van der Waals surface area contributed by atoms with Crippen molar-refractivity contribution in [2.75, 3.05) is 13.1 Å². The number of benzene rings is 1. The van der Waals surface area contributed by atoms with E-state index < -0.39 is 6.10 Å². The molecule has 3 atom stereocenters. The van der Waals surface area contributed by atoms with Gasteiger partial charge in [-0.1, -0.05) is 17.0 Å². The normalized spacial score (nSPS) is 22.5. The number of carbonyl (C=O) groups is 1. The number of urea groups is 1. The Morgan fingerprint density at radius 1 is 1.32 bits per heavy atom. The molecule has 2 fully saturated rings. The Hall–Kier alpha value is -3.57. The maximum absolute atomic E-state index is 11.2. The van der Waals surface area contributed by atoms with Gasteiger partial charge < -0.3 is 24.8 Å². The van der Waals surface area contributed by atoms with E-state index in [-0.39, 0.29) is 6.03 Å². The van der Waals surface area contributed by atoms with Gasteiger partial charge in [0.05, 0.1) is 6.54 Å². The van der Waals surface area contributed by atoms with E-state index in [1.165, 1.54) is 0 Å². The van der Waals surface area contributed by atoms with Gasteiger partial charge in [-0.3, -0.25) is 0 Å². The van der Waals surface area contributed by atoms with E-state index in [1.807, 2.05) is 41.1 Å². The van der Waals surface area contributed by atoms with Gasteiger partial charge in [0.2, 0.25) is 0 Å². The number of hydrogen-bond donors (Lipinski definition) is 2. The number of primary amides is 1. The maximum atomic E-state index is 11.2. The van der Waals surface area contributed by atoms with Gasteiger partial charge in [-0.15, -0.1) is 0 Å². The summed E-state index contributed by atoms with van der Waals surface area (Å²) < 4.78 is 7.35. The van der Waals surface area contributed by atoms with Crippen LogP contribution in [0, 0.1) is 29.6 Å². The van der Waals surface area contributed by atoms with Crippen LogP contribution in [0.1, 0.15) is 30.1 Å². The van der Waals surface area contributed by atoms with Gasteiger partial charge in [-0.25, -0.2) is 9.78 Å². The quantitative estimate of drug-likeness (QED) is 0.633. The van der Waals surface area contributed by atoms with E-state index in [1.54, 1.807) is 18.0 Å². The average molecular weight is 417 g/mol. The lowest BCUT2D eigenvalue weighted by Crippen LogP contribution is -2.35. The number of hydrogen-bond acceptors (Lipinski definition) is 5. The molecular weight excluding hydrogens is 394 g/mol. The molecule has 2 amide bonds. The molecule has 2 unspecified atom stereocenters. The molecule has 3 aromatic rings. The summed E-state index contributed by atoms with van der Waals surface area (Å²) >= 11 is 0. The maximum Gasteiger partial charge on any atom is 0.314 e. The Bertz CT molecular complexity index is 1160. The molecule has 2 aromatic heterocycles. The van der Waals surface area contributed by atoms with Crippen molar-refractivity contribution in [2.24, 2.45) is 23.5 Å². The van der Waals surface area contributed by atoms with Crippen molar-refractivity contribution in [3.8, 4) is 23.2 Å². The van der Waals surface area contributed by atoms with Crippen molar-refractivity contribution in [3.05, 3.63) is 59.8 Å². The van der Waals surface area contributed by atoms with Crippen LogP contribution >= 0.6 is 0 Å². The first kappa shape index (κ1) is 19.4.